The average Bonchev–Trinajstić information content (AvgIpc) is 2.24. The lowest BCUT2D eigenvalue weighted by Gasteiger charge is -2.02. The molecule has 5 heteroatoms. The highest BCUT2D eigenvalue weighted by molar-refractivity contribution is 6.42. The van der Waals surface area contributed by atoms with Crippen molar-refractivity contribution in [3.63, 3.8) is 0 Å². The van der Waals surface area contributed by atoms with E-state index in [2.05, 4.69) is 11.7 Å². The molecule has 0 unspecified atom stereocenters. The highest BCUT2D eigenvalue weighted by atomic mass is 16.6. The number of carbonyl (C=O) groups is 1. The number of nitrogens with zero attached hydrogens (tertiary/aromatic N) is 1. The van der Waals surface area contributed by atoms with Crippen molar-refractivity contribution in [2.75, 3.05) is 6.61 Å². The van der Waals surface area contributed by atoms with Crippen LogP contribution in [0.15, 0.2) is 42.1 Å². The second-order valence-electron chi connectivity index (χ2n) is 2.88. The fourth-order valence-electron chi connectivity index (χ4n) is 1.02. The van der Waals surface area contributed by atoms with Crippen molar-refractivity contribution < 1.29 is 19.8 Å². The number of aliphatic carboxylic acids is 1. The summed E-state index contributed by atoms with van der Waals surface area (Å²) >= 11 is 0. The Hall–Kier alpha value is -2.30. The number of hydrogen-bond acceptors (Lipinski definition) is 4. The number of hydrogen-bond donors (Lipinski definition) is 2. The molecule has 0 saturated heterocycles. The van der Waals surface area contributed by atoms with Crippen LogP contribution in [0, 0.1) is 0 Å². The van der Waals surface area contributed by atoms with Crippen molar-refractivity contribution in [3.05, 3.63) is 42.5 Å². The standard InChI is InChI=1S/C11H11NO4/c1-2-6-16-12-10(11(14)15)8-4-3-5-9(13)7-8/h2-5,7,13H,1,6H2,(H,14,15)/b12-10-. The van der Waals surface area contributed by atoms with Gasteiger partial charge >= 0.3 is 5.97 Å². The maximum absolute atomic E-state index is 10.9. The SMILES string of the molecule is C=CCO/N=C(\C(=O)O)c1cccc(O)c1. The molecule has 0 aliphatic rings. The first-order valence-electron chi connectivity index (χ1n) is 4.48. The van der Waals surface area contributed by atoms with Gasteiger partial charge in [-0.1, -0.05) is 29.9 Å². The van der Waals surface area contributed by atoms with Gasteiger partial charge in [-0.15, -0.1) is 0 Å². The van der Waals surface area contributed by atoms with E-state index in [-0.39, 0.29) is 23.6 Å². The summed E-state index contributed by atoms with van der Waals surface area (Å²) in [5.41, 5.74) is 0.00862. The monoisotopic (exact) mass is 221 g/mol. The summed E-state index contributed by atoms with van der Waals surface area (Å²) < 4.78 is 0. The van der Waals surface area contributed by atoms with E-state index in [1.54, 1.807) is 0 Å². The fraction of sp³-hybridized carbons (Fsp3) is 0.0909. The first-order chi connectivity index (χ1) is 7.65. The first-order valence-corrected chi connectivity index (χ1v) is 4.48. The maximum Gasteiger partial charge on any atom is 0.358 e. The highest BCUT2D eigenvalue weighted by Crippen LogP contribution is 2.12. The number of rotatable bonds is 5. The molecular weight excluding hydrogens is 210 g/mol. The van der Waals surface area contributed by atoms with Gasteiger partial charge in [0.15, 0.2) is 5.71 Å². The number of phenolic OH excluding ortho intramolecular Hbond substituents is 1. The summed E-state index contributed by atoms with van der Waals surface area (Å²) in [6.45, 7) is 3.53. The zero-order chi connectivity index (χ0) is 12.0. The topological polar surface area (TPSA) is 79.1 Å². The van der Waals surface area contributed by atoms with Crippen molar-refractivity contribution in [1.29, 1.82) is 0 Å². The molecule has 0 spiro atoms. The molecule has 0 amide bonds. The smallest absolute Gasteiger partial charge is 0.358 e. The molecule has 5 nitrogen and oxygen atoms in total. The van der Waals surface area contributed by atoms with Crippen LogP contribution in [0.5, 0.6) is 5.75 Å². The predicted molar refractivity (Wildman–Crippen MR) is 58.4 cm³/mol. The molecule has 0 atom stereocenters. The van der Waals surface area contributed by atoms with Crippen LogP contribution < -0.4 is 0 Å². The van der Waals surface area contributed by atoms with E-state index in [9.17, 15) is 9.90 Å². The van der Waals surface area contributed by atoms with Crippen molar-refractivity contribution >= 4 is 11.7 Å². The molecular formula is C11H11NO4. The first kappa shape index (κ1) is 11.8. The summed E-state index contributed by atoms with van der Waals surface area (Å²) in [5.74, 6) is -1.26. The second-order valence-corrected chi connectivity index (χ2v) is 2.88. The lowest BCUT2D eigenvalue weighted by Crippen LogP contribution is -2.15. The minimum Gasteiger partial charge on any atom is -0.508 e. The Bertz CT molecular complexity index is 426. The van der Waals surface area contributed by atoms with E-state index >= 15 is 0 Å². The van der Waals surface area contributed by atoms with Gasteiger partial charge in [0.25, 0.3) is 0 Å². The summed E-state index contributed by atoms with van der Waals surface area (Å²) in [4.78, 5) is 15.6. The third-order valence-electron chi connectivity index (χ3n) is 1.67. The summed E-state index contributed by atoms with van der Waals surface area (Å²) in [5, 5.41) is 21.6. The molecule has 1 aromatic carbocycles. The van der Waals surface area contributed by atoms with Crippen LogP contribution in [0.3, 0.4) is 0 Å². The van der Waals surface area contributed by atoms with E-state index in [1.807, 2.05) is 0 Å². The van der Waals surface area contributed by atoms with Crippen molar-refractivity contribution in [2.24, 2.45) is 5.16 Å². The molecule has 0 aliphatic carbocycles. The molecule has 0 radical (unpaired) electrons. The molecule has 2 N–H and O–H groups in total. The number of aromatic hydroxyl groups is 1. The molecule has 1 rings (SSSR count). The van der Waals surface area contributed by atoms with Crippen LogP contribution in [-0.2, 0) is 9.63 Å². The van der Waals surface area contributed by atoms with Crippen LogP contribution in [-0.4, -0.2) is 28.5 Å². The summed E-state index contributed by atoms with van der Waals surface area (Å²) in [7, 11) is 0. The van der Waals surface area contributed by atoms with Gasteiger partial charge in [-0.3, -0.25) is 0 Å². The molecule has 1 aromatic rings. The number of carboxylic acid groups (broad SMARTS) is 1. The second kappa shape index (κ2) is 5.55. The Balaban J connectivity index is 2.98. The van der Waals surface area contributed by atoms with Gasteiger partial charge in [-0.2, -0.15) is 0 Å². The fourth-order valence-corrected chi connectivity index (χ4v) is 1.02. The number of phenols is 1. The van der Waals surface area contributed by atoms with Crippen molar-refractivity contribution in [3.8, 4) is 5.75 Å². The van der Waals surface area contributed by atoms with Gasteiger partial charge in [0.1, 0.15) is 12.4 Å². The minimum atomic E-state index is -1.23. The molecule has 84 valence electrons. The van der Waals surface area contributed by atoms with E-state index in [4.69, 9.17) is 9.94 Å². The number of carboxylic acids is 1. The van der Waals surface area contributed by atoms with E-state index in [0.717, 1.165) is 0 Å². The quantitative estimate of drug-likeness (QED) is 0.341. The van der Waals surface area contributed by atoms with Crippen molar-refractivity contribution in [2.45, 2.75) is 0 Å². The van der Waals surface area contributed by atoms with E-state index in [0.29, 0.717) is 0 Å². The zero-order valence-corrected chi connectivity index (χ0v) is 8.46. The third kappa shape index (κ3) is 3.13. The normalized spacial score (nSPS) is 10.9. The highest BCUT2D eigenvalue weighted by Gasteiger charge is 2.13. The Kier molecular flexibility index (Phi) is 4.08. The molecule has 0 heterocycles. The van der Waals surface area contributed by atoms with Gasteiger partial charge in [-0.25, -0.2) is 4.79 Å². The van der Waals surface area contributed by atoms with E-state index in [1.165, 1.54) is 30.3 Å². The average molecular weight is 221 g/mol. The minimum absolute atomic E-state index is 0.0322. The molecule has 0 fully saturated rings. The molecule has 0 saturated carbocycles. The Morgan fingerprint density at radius 2 is 2.31 bits per heavy atom. The molecule has 0 aliphatic heterocycles. The lowest BCUT2D eigenvalue weighted by atomic mass is 10.1. The molecule has 16 heavy (non-hydrogen) atoms. The van der Waals surface area contributed by atoms with Crippen LogP contribution in [0.1, 0.15) is 5.56 Å². The number of oxime groups is 1. The molecule has 0 bridgehead atoms. The van der Waals surface area contributed by atoms with Gasteiger partial charge in [0.2, 0.25) is 0 Å². The van der Waals surface area contributed by atoms with Crippen LogP contribution in [0.25, 0.3) is 0 Å². The lowest BCUT2D eigenvalue weighted by molar-refractivity contribution is -0.129. The predicted octanol–water partition coefficient (Wildman–Crippen LogP) is 1.38. The van der Waals surface area contributed by atoms with Gasteiger partial charge in [0.05, 0.1) is 0 Å². The van der Waals surface area contributed by atoms with Gasteiger partial charge in [0, 0.05) is 5.56 Å². The Labute approximate surface area is 92.3 Å². The summed E-state index contributed by atoms with van der Waals surface area (Å²) in [6, 6.07) is 5.78. The maximum atomic E-state index is 10.9. The van der Waals surface area contributed by atoms with Gasteiger partial charge in [-0.05, 0) is 12.1 Å². The summed E-state index contributed by atoms with van der Waals surface area (Å²) in [6.07, 6.45) is 1.45. The molecule has 0 aromatic heterocycles. The van der Waals surface area contributed by atoms with E-state index < -0.39 is 5.97 Å². The van der Waals surface area contributed by atoms with Crippen LogP contribution in [0.2, 0.25) is 0 Å². The largest absolute Gasteiger partial charge is 0.508 e. The Morgan fingerprint density at radius 1 is 1.56 bits per heavy atom. The van der Waals surface area contributed by atoms with Gasteiger partial charge < -0.3 is 15.1 Å². The van der Waals surface area contributed by atoms with Crippen LogP contribution in [0.4, 0.5) is 0 Å². The number of benzene rings is 1. The third-order valence-corrected chi connectivity index (χ3v) is 1.67. The zero-order valence-electron chi connectivity index (χ0n) is 8.46. The Morgan fingerprint density at radius 3 is 2.88 bits per heavy atom. The van der Waals surface area contributed by atoms with Crippen molar-refractivity contribution in [1.82, 2.24) is 0 Å². The van der Waals surface area contributed by atoms with Crippen LogP contribution >= 0.6 is 0 Å².